The summed E-state index contributed by atoms with van der Waals surface area (Å²) in [7, 11) is 0. The Morgan fingerprint density at radius 3 is 1.70 bits per heavy atom. The number of halogens is 4. The summed E-state index contributed by atoms with van der Waals surface area (Å²) < 4.78 is 54.6. The molecule has 156 valence electrons. The molecule has 0 aliphatic heterocycles. The van der Waals surface area contributed by atoms with Crippen molar-refractivity contribution in [3.8, 4) is 11.5 Å². The molecule has 3 rings (SSSR count). The summed E-state index contributed by atoms with van der Waals surface area (Å²) >= 11 is 0. The molecule has 0 amide bonds. The van der Waals surface area contributed by atoms with E-state index in [1.807, 2.05) is 0 Å². The lowest BCUT2D eigenvalue weighted by Crippen LogP contribution is -1.97. The van der Waals surface area contributed by atoms with Gasteiger partial charge in [-0.2, -0.15) is 0 Å². The smallest absolute Gasteiger partial charge is 0.126 e. The van der Waals surface area contributed by atoms with Gasteiger partial charge in [0.05, 0.1) is 0 Å². The summed E-state index contributed by atoms with van der Waals surface area (Å²) in [6.45, 7) is 3.60. The molecule has 30 heavy (non-hydrogen) atoms. The van der Waals surface area contributed by atoms with Crippen LogP contribution in [0.5, 0.6) is 11.5 Å². The van der Waals surface area contributed by atoms with Gasteiger partial charge in [-0.1, -0.05) is 19.9 Å². The van der Waals surface area contributed by atoms with Crippen molar-refractivity contribution < 1.29 is 27.8 Å². The van der Waals surface area contributed by atoms with Gasteiger partial charge in [0.2, 0.25) is 0 Å². The molecular weight excluding hydrogens is 396 g/mol. The van der Waals surface area contributed by atoms with Crippen molar-refractivity contribution in [2.45, 2.75) is 26.2 Å². The molecule has 0 aliphatic rings. The van der Waals surface area contributed by atoms with Crippen LogP contribution in [-0.2, 0) is 6.42 Å². The SMILES string of the molecule is CC(C)c1c(O)cc(/C(=C\c2cc(F)cc(F)c2)Cc2cc(F)cc(F)c2)cc1O. The molecule has 0 spiro atoms. The molecule has 0 saturated carbocycles. The Kier molecular flexibility index (Phi) is 6.15. The first-order valence-electron chi connectivity index (χ1n) is 9.30. The van der Waals surface area contributed by atoms with Crippen molar-refractivity contribution in [2.24, 2.45) is 0 Å². The van der Waals surface area contributed by atoms with Crippen LogP contribution in [0.15, 0.2) is 48.5 Å². The van der Waals surface area contributed by atoms with E-state index in [4.69, 9.17) is 0 Å². The molecule has 0 bridgehead atoms. The van der Waals surface area contributed by atoms with Gasteiger partial charge in [0.25, 0.3) is 0 Å². The van der Waals surface area contributed by atoms with Crippen molar-refractivity contribution in [1.82, 2.24) is 0 Å². The van der Waals surface area contributed by atoms with Crippen LogP contribution >= 0.6 is 0 Å². The Balaban J connectivity index is 2.15. The molecule has 0 heterocycles. The van der Waals surface area contributed by atoms with Gasteiger partial charge in [-0.25, -0.2) is 17.6 Å². The van der Waals surface area contributed by atoms with Crippen LogP contribution in [0.4, 0.5) is 17.6 Å². The zero-order valence-electron chi connectivity index (χ0n) is 16.4. The van der Waals surface area contributed by atoms with E-state index >= 15 is 0 Å². The maximum atomic E-state index is 13.6. The first-order valence-corrected chi connectivity index (χ1v) is 9.30. The maximum absolute atomic E-state index is 13.6. The number of benzene rings is 3. The molecule has 6 heteroatoms. The van der Waals surface area contributed by atoms with Crippen LogP contribution in [0.2, 0.25) is 0 Å². The lowest BCUT2D eigenvalue weighted by Gasteiger charge is -2.15. The lowest BCUT2D eigenvalue weighted by molar-refractivity contribution is 0.433. The molecule has 0 aromatic heterocycles. The van der Waals surface area contributed by atoms with Crippen LogP contribution in [-0.4, -0.2) is 10.2 Å². The number of hydrogen-bond donors (Lipinski definition) is 2. The van der Waals surface area contributed by atoms with E-state index in [1.54, 1.807) is 13.8 Å². The molecule has 2 N–H and O–H groups in total. The second kappa shape index (κ2) is 8.61. The average Bonchev–Trinajstić information content (AvgIpc) is 2.58. The first kappa shape index (κ1) is 21.4. The molecule has 0 radical (unpaired) electrons. The Morgan fingerprint density at radius 2 is 1.23 bits per heavy atom. The van der Waals surface area contributed by atoms with Crippen LogP contribution < -0.4 is 0 Å². The van der Waals surface area contributed by atoms with Gasteiger partial charge in [0, 0.05) is 17.7 Å². The fourth-order valence-electron chi connectivity index (χ4n) is 3.43. The quantitative estimate of drug-likeness (QED) is 0.365. The number of aromatic hydroxyl groups is 2. The first-order chi connectivity index (χ1) is 14.1. The number of rotatable bonds is 5. The van der Waals surface area contributed by atoms with Gasteiger partial charge in [0.1, 0.15) is 34.8 Å². The highest BCUT2D eigenvalue weighted by Crippen LogP contribution is 2.38. The van der Waals surface area contributed by atoms with E-state index in [2.05, 4.69) is 0 Å². The molecule has 0 saturated heterocycles. The highest BCUT2D eigenvalue weighted by atomic mass is 19.1. The van der Waals surface area contributed by atoms with Crippen molar-refractivity contribution in [2.75, 3.05) is 0 Å². The second-order valence-electron chi connectivity index (χ2n) is 7.41. The fourth-order valence-corrected chi connectivity index (χ4v) is 3.43. The predicted octanol–water partition coefficient (Wildman–Crippen LogP) is 6.56. The third kappa shape index (κ3) is 5.00. The summed E-state index contributed by atoms with van der Waals surface area (Å²) in [4.78, 5) is 0. The summed E-state index contributed by atoms with van der Waals surface area (Å²) in [6, 6.07) is 8.79. The summed E-state index contributed by atoms with van der Waals surface area (Å²) in [6.07, 6.45) is 1.44. The highest BCUT2D eigenvalue weighted by molar-refractivity contribution is 5.84. The van der Waals surface area contributed by atoms with E-state index in [0.29, 0.717) is 16.7 Å². The second-order valence-corrected chi connectivity index (χ2v) is 7.41. The minimum Gasteiger partial charge on any atom is -0.507 e. The Morgan fingerprint density at radius 1 is 0.767 bits per heavy atom. The third-order valence-electron chi connectivity index (χ3n) is 4.63. The van der Waals surface area contributed by atoms with E-state index in [9.17, 15) is 27.8 Å². The predicted molar refractivity (Wildman–Crippen MR) is 108 cm³/mol. The fraction of sp³-hybridized carbons (Fsp3) is 0.167. The zero-order valence-corrected chi connectivity index (χ0v) is 16.4. The number of hydrogen-bond acceptors (Lipinski definition) is 2. The van der Waals surface area contributed by atoms with E-state index in [1.165, 1.54) is 18.2 Å². The Bertz CT molecular complexity index is 1060. The monoisotopic (exact) mass is 416 g/mol. The molecule has 3 aromatic carbocycles. The lowest BCUT2D eigenvalue weighted by atomic mass is 9.92. The van der Waals surface area contributed by atoms with Gasteiger partial charge >= 0.3 is 0 Å². The van der Waals surface area contributed by atoms with Crippen LogP contribution in [0.25, 0.3) is 11.6 Å². The highest BCUT2D eigenvalue weighted by Gasteiger charge is 2.16. The van der Waals surface area contributed by atoms with Crippen LogP contribution in [0.1, 0.15) is 42.0 Å². The van der Waals surface area contributed by atoms with Gasteiger partial charge in [-0.05, 0) is 71.0 Å². The van der Waals surface area contributed by atoms with Crippen molar-refractivity contribution in [3.05, 3.63) is 94.1 Å². The van der Waals surface area contributed by atoms with Gasteiger partial charge in [-0.15, -0.1) is 0 Å². The van der Waals surface area contributed by atoms with E-state index in [-0.39, 0.29) is 35.0 Å². The topological polar surface area (TPSA) is 40.5 Å². The van der Waals surface area contributed by atoms with Crippen molar-refractivity contribution >= 4 is 11.6 Å². The molecule has 2 nitrogen and oxygen atoms in total. The van der Waals surface area contributed by atoms with E-state index in [0.717, 1.165) is 36.4 Å². The minimum atomic E-state index is -0.779. The molecule has 3 aromatic rings. The zero-order chi connectivity index (χ0) is 22.0. The molecule has 0 aliphatic carbocycles. The normalized spacial score (nSPS) is 11.9. The molecular formula is C24H20F4O2. The largest absolute Gasteiger partial charge is 0.507 e. The van der Waals surface area contributed by atoms with Crippen LogP contribution in [0, 0.1) is 23.3 Å². The Labute approximate surface area is 171 Å². The molecule has 0 fully saturated rings. The van der Waals surface area contributed by atoms with Gasteiger partial charge in [0.15, 0.2) is 0 Å². The average molecular weight is 416 g/mol. The van der Waals surface area contributed by atoms with Gasteiger partial charge < -0.3 is 10.2 Å². The summed E-state index contributed by atoms with van der Waals surface area (Å²) in [5, 5.41) is 20.7. The van der Waals surface area contributed by atoms with Gasteiger partial charge in [-0.3, -0.25) is 0 Å². The third-order valence-corrected chi connectivity index (χ3v) is 4.63. The maximum Gasteiger partial charge on any atom is 0.126 e. The van der Waals surface area contributed by atoms with Crippen molar-refractivity contribution in [3.63, 3.8) is 0 Å². The number of phenolic OH excluding ortho intramolecular Hbond substituents is 2. The molecule has 0 atom stereocenters. The summed E-state index contributed by atoms with van der Waals surface area (Å²) in [5.74, 6) is -3.54. The Hall–Kier alpha value is -3.28. The standard InChI is InChI=1S/C24H20F4O2/c1-13(2)24-22(29)9-17(10-23(24)30)16(3-14-5-18(25)11-19(26)6-14)4-15-7-20(27)12-21(28)8-15/h3,5-13,29-30H,4H2,1-2H3/b16-3-. The van der Waals surface area contributed by atoms with Crippen LogP contribution in [0.3, 0.4) is 0 Å². The minimum absolute atomic E-state index is 0.00722. The number of phenols is 2. The number of allylic oxidation sites excluding steroid dienone is 1. The van der Waals surface area contributed by atoms with E-state index < -0.39 is 23.3 Å². The molecule has 0 unspecified atom stereocenters. The summed E-state index contributed by atoms with van der Waals surface area (Å²) in [5.41, 5.74) is 1.56. The van der Waals surface area contributed by atoms with Crippen molar-refractivity contribution in [1.29, 1.82) is 0 Å².